The quantitative estimate of drug-likeness (QED) is 0.526. The van der Waals surface area contributed by atoms with Crippen molar-refractivity contribution in [3.8, 4) is 0 Å². The van der Waals surface area contributed by atoms with Gasteiger partial charge in [-0.25, -0.2) is 0 Å². The summed E-state index contributed by atoms with van der Waals surface area (Å²) in [6.07, 6.45) is 0.791. The lowest BCUT2D eigenvalue weighted by molar-refractivity contribution is 0.109. The third kappa shape index (κ3) is 5.15. The van der Waals surface area contributed by atoms with E-state index in [2.05, 4.69) is 5.32 Å². The van der Waals surface area contributed by atoms with Crippen LogP contribution in [0, 0.1) is 0 Å². The molecule has 82 valence electrons. The van der Waals surface area contributed by atoms with Gasteiger partial charge in [0.15, 0.2) is 0 Å². The molecule has 1 aliphatic heterocycles. The number of carbonyl (C=O) groups is 1. The van der Waals surface area contributed by atoms with Gasteiger partial charge in [0.2, 0.25) is 0 Å². The fraction of sp³-hybridized carbons (Fsp3) is 0.364. The molecule has 0 unspecified atom stereocenters. The molecule has 0 bridgehead atoms. The number of anilines is 1. The van der Waals surface area contributed by atoms with Crippen LogP contribution in [0.5, 0.6) is 0 Å². The van der Waals surface area contributed by atoms with Crippen molar-refractivity contribution < 1.29 is 9.53 Å². The zero-order chi connectivity index (χ0) is 10.9. The average Bonchev–Trinajstić information content (AvgIpc) is 2.33. The summed E-state index contributed by atoms with van der Waals surface area (Å²) in [5.74, 6) is 0. The van der Waals surface area contributed by atoms with Gasteiger partial charge in [0.25, 0.3) is 0 Å². The van der Waals surface area contributed by atoms with Gasteiger partial charge in [-0.15, -0.1) is 0 Å². The number of benzene rings is 1. The second-order valence-electron chi connectivity index (χ2n) is 3.15. The number of nitrogens with two attached hydrogens (primary N) is 1. The second-order valence-corrected chi connectivity index (χ2v) is 3.15. The van der Waals surface area contributed by atoms with Crippen LogP contribution in [-0.2, 0) is 4.74 Å². The highest BCUT2D eigenvalue weighted by atomic mass is 16.5. The van der Waals surface area contributed by atoms with Gasteiger partial charge in [-0.1, -0.05) is 0 Å². The monoisotopic (exact) mass is 208 g/mol. The Balaban J connectivity index is 0.000000162. The van der Waals surface area contributed by atoms with Gasteiger partial charge in [-0.2, -0.15) is 0 Å². The van der Waals surface area contributed by atoms with E-state index < -0.39 is 0 Å². The molecule has 0 aliphatic carbocycles. The maximum absolute atomic E-state index is 10.1. The van der Waals surface area contributed by atoms with Gasteiger partial charge in [0.1, 0.15) is 6.29 Å². The Morgan fingerprint density at radius 3 is 2.13 bits per heavy atom. The Hall–Kier alpha value is -1.39. The average molecular weight is 208 g/mol. The summed E-state index contributed by atoms with van der Waals surface area (Å²) in [5.41, 5.74) is 6.70. The molecule has 1 aromatic rings. The van der Waals surface area contributed by atoms with Gasteiger partial charge in [-0.05, 0) is 24.3 Å². The van der Waals surface area contributed by atoms with E-state index in [0.717, 1.165) is 32.6 Å². The molecule has 1 heterocycles. The standard InChI is InChI=1S/C7H7NO.C4H9NO/c8-7-3-1-6(5-9)2-4-7;1-3-6-4-2-5-1/h1-5H,8H2;5H,1-4H2. The van der Waals surface area contributed by atoms with Gasteiger partial charge in [-0.3, -0.25) is 4.79 Å². The van der Waals surface area contributed by atoms with Crippen molar-refractivity contribution >= 4 is 12.0 Å². The Labute approximate surface area is 89.4 Å². The van der Waals surface area contributed by atoms with E-state index in [1.165, 1.54) is 0 Å². The summed E-state index contributed by atoms with van der Waals surface area (Å²) in [7, 11) is 0. The molecule has 0 aromatic heterocycles. The minimum atomic E-state index is 0.657. The fourth-order valence-corrected chi connectivity index (χ4v) is 1.09. The number of hydrogen-bond donors (Lipinski definition) is 2. The lowest BCUT2D eigenvalue weighted by atomic mass is 10.2. The van der Waals surface area contributed by atoms with E-state index in [0.29, 0.717) is 11.3 Å². The molecule has 15 heavy (non-hydrogen) atoms. The molecule has 2 rings (SSSR count). The summed E-state index contributed by atoms with van der Waals surface area (Å²) in [4.78, 5) is 10.1. The van der Waals surface area contributed by atoms with Gasteiger partial charge in [0, 0.05) is 24.3 Å². The van der Waals surface area contributed by atoms with Crippen molar-refractivity contribution in [2.45, 2.75) is 0 Å². The number of morpholine rings is 1. The summed E-state index contributed by atoms with van der Waals surface area (Å²) in [5, 5.41) is 3.16. The Morgan fingerprint density at radius 1 is 1.20 bits per heavy atom. The van der Waals surface area contributed by atoms with E-state index in [4.69, 9.17) is 10.5 Å². The van der Waals surface area contributed by atoms with Crippen LogP contribution in [0.2, 0.25) is 0 Å². The van der Waals surface area contributed by atoms with E-state index in [1.807, 2.05) is 0 Å². The molecule has 4 heteroatoms. The highest BCUT2D eigenvalue weighted by Gasteiger charge is 1.93. The minimum Gasteiger partial charge on any atom is -0.399 e. The van der Waals surface area contributed by atoms with Crippen molar-refractivity contribution in [1.82, 2.24) is 5.32 Å². The molecule has 1 saturated heterocycles. The smallest absolute Gasteiger partial charge is 0.150 e. The molecular weight excluding hydrogens is 192 g/mol. The first-order valence-electron chi connectivity index (χ1n) is 4.92. The molecule has 0 atom stereocenters. The number of nitrogen functional groups attached to an aromatic ring is 1. The van der Waals surface area contributed by atoms with E-state index in [9.17, 15) is 4.79 Å². The number of hydrogen-bond acceptors (Lipinski definition) is 4. The van der Waals surface area contributed by atoms with Crippen LogP contribution in [0.1, 0.15) is 10.4 Å². The molecule has 0 radical (unpaired) electrons. The first-order valence-corrected chi connectivity index (χ1v) is 4.92. The molecule has 1 aliphatic rings. The van der Waals surface area contributed by atoms with Gasteiger partial charge >= 0.3 is 0 Å². The topological polar surface area (TPSA) is 64.3 Å². The summed E-state index contributed by atoms with van der Waals surface area (Å²) in [6, 6.07) is 6.76. The van der Waals surface area contributed by atoms with Crippen molar-refractivity contribution in [2.24, 2.45) is 0 Å². The van der Waals surface area contributed by atoms with Crippen molar-refractivity contribution in [2.75, 3.05) is 32.0 Å². The van der Waals surface area contributed by atoms with E-state index in [1.54, 1.807) is 24.3 Å². The SMILES string of the molecule is C1COCCN1.Nc1ccc(C=O)cc1. The van der Waals surface area contributed by atoms with E-state index in [-0.39, 0.29) is 0 Å². The van der Waals surface area contributed by atoms with Crippen LogP contribution >= 0.6 is 0 Å². The van der Waals surface area contributed by atoms with Gasteiger partial charge in [0.05, 0.1) is 13.2 Å². The predicted molar refractivity (Wildman–Crippen MR) is 59.9 cm³/mol. The number of carbonyl (C=O) groups excluding carboxylic acids is 1. The summed E-state index contributed by atoms with van der Waals surface area (Å²) in [6.45, 7) is 3.83. The maximum Gasteiger partial charge on any atom is 0.150 e. The zero-order valence-electron chi connectivity index (χ0n) is 8.61. The highest BCUT2D eigenvalue weighted by molar-refractivity contribution is 5.75. The van der Waals surface area contributed by atoms with Crippen molar-refractivity contribution in [1.29, 1.82) is 0 Å². The molecule has 0 spiro atoms. The Bertz CT molecular complexity index is 270. The third-order valence-corrected chi connectivity index (χ3v) is 1.92. The highest BCUT2D eigenvalue weighted by Crippen LogP contribution is 2.01. The minimum absolute atomic E-state index is 0.657. The third-order valence-electron chi connectivity index (χ3n) is 1.92. The van der Waals surface area contributed by atoms with E-state index >= 15 is 0 Å². The van der Waals surface area contributed by atoms with Crippen LogP contribution < -0.4 is 11.1 Å². The van der Waals surface area contributed by atoms with Crippen LogP contribution in [-0.4, -0.2) is 32.6 Å². The first kappa shape index (κ1) is 11.7. The van der Waals surface area contributed by atoms with Crippen LogP contribution in [0.25, 0.3) is 0 Å². The molecule has 4 nitrogen and oxygen atoms in total. The molecule has 3 N–H and O–H groups in total. The largest absolute Gasteiger partial charge is 0.399 e. The zero-order valence-corrected chi connectivity index (χ0v) is 8.61. The molecular formula is C11H16N2O2. The molecule has 1 fully saturated rings. The first-order chi connectivity index (χ1) is 7.33. The normalized spacial score (nSPS) is 14.9. The Morgan fingerprint density at radius 2 is 1.80 bits per heavy atom. The fourth-order valence-electron chi connectivity index (χ4n) is 1.09. The predicted octanol–water partition coefficient (Wildman–Crippen LogP) is 0.688. The molecule has 0 amide bonds. The Kier molecular flexibility index (Phi) is 5.43. The van der Waals surface area contributed by atoms with Gasteiger partial charge < -0.3 is 15.8 Å². The summed E-state index contributed by atoms with van der Waals surface area (Å²) < 4.78 is 5.01. The van der Waals surface area contributed by atoms with Crippen molar-refractivity contribution in [3.63, 3.8) is 0 Å². The number of nitrogens with one attached hydrogen (secondary N) is 1. The lowest BCUT2D eigenvalue weighted by Crippen LogP contribution is -2.30. The van der Waals surface area contributed by atoms with Crippen molar-refractivity contribution in [3.05, 3.63) is 29.8 Å². The number of ether oxygens (including phenoxy) is 1. The van der Waals surface area contributed by atoms with Crippen LogP contribution in [0.4, 0.5) is 5.69 Å². The maximum atomic E-state index is 10.1. The number of aldehydes is 1. The van der Waals surface area contributed by atoms with Crippen LogP contribution in [0.3, 0.4) is 0 Å². The number of rotatable bonds is 1. The summed E-state index contributed by atoms with van der Waals surface area (Å²) >= 11 is 0. The lowest BCUT2D eigenvalue weighted by Gasteiger charge is -2.10. The van der Waals surface area contributed by atoms with Crippen LogP contribution in [0.15, 0.2) is 24.3 Å². The molecule has 0 saturated carbocycles. The second kappa shape index (κ2) is 6.98. The molecule has 1 aromatic carbocycles.